The number of carbonyl (C=O) groups excluding carboxylic acids is 2. The number of hydrogen-bond acceptors (Lipinski definition) is 4. The van der Waals surface area contributed by atoms with Gasteiger partial charge in [0.05, 0.1) is 18.1 Å². The monoisotopic (exact) mass is 482 g/mol. The molecule has 7 heteroatoms. The van der Waals surface area contributed by atoms with Crippen LogP contribution in [0.4, 0.5) is 5.69 Å². The summed E-state index contributed by atoms with van der Waals surface area (Å²) in [7, 11) is 1.64. The number of likely N-dealkylation sites (tertiary alicyclic amines) is 1. The lowest BCUT2D eigenvalue weighted by Crippen LogP contribution is -2.34. The number of benzene rings is 3. The van der Waals surface area contributed by atoms with Crippen molar-refractivity contribution in [3.05, 3.63) is 90.3 Å². The van der Waals surface area contributed by atoms with Crippen molar-refractivity contribution in [2.75, 3.05) is 25.1 Å². The van der Waals surface area contributed by atoms with Crippen molar-refractivity contribution < 1.29 is 14.3 Å². The van der Waals surface area contributed by atoms with E-state index in [-0.39, 0.29) is 24.3 Å². The van der Waals surface area contributed by atoms with Crippen LogP contribution in [-0.2, 0) is 22.7 Å². The zero-order chi connectivity index (χ0) is 25.1. The first kappa shape index (κ1) is 23.6. The standard InChI is InChI=1S/C29H30N4O3/c1-3-32(23-9-5-4-6-10-23)28(35)20-33-26-12-8-7-11-25(26)30-29(33)22-17-27(34)31(19-22)18-21-13-15-24(36-2)16-14-21/h4-16,22H,3,17-20H2,1-2H3. The van der Waals surface area contributed by atoms with Crippen molar-refractivity contribution in [2.45, 2.75) is 32.4 Å². The number of fused-ring (bicyclic) bond motifs is 1. The number of methoxy groups -OCH3 is 1. The van der Waals surface area contributed by atoms with Gasteiger partial charge >= 0.3 is 0 Å². The van der Waals surface area contributed by atoms with E-state index in [0.717, 1.165) is 33.9 Å². The molecule has 0 radical (unpaired) electrons. The molecule has 1 aliphatic heterocycles. The van der Waals surface area contributed by atoms with Gasteiger partial charge in [-0.15, -0.1) is 0 Å². The fraction of sp³-hybridized carbons (Fsp3) is 0.276. The lowest BCUT2D eigenvalue weighted by atomic mass is 10.1. The number of likely N-dealkylation sites (N-methyl/N-ethyl adjacent to an activating group) is 1. The van der Waals surface area contributed by atoms with Gasteiger partial charge in [-0.25, -0.2) is 4.98 Å². The van der Waals surface area contributed by atoms with Crippen molar-refractivity contribution >= 4 is 28.5 Å². The third kappa shape index (κ3) is 4.69. The Morgan fingerprint density at radius 2 is 1.75 bits per heavy atom. The lowest BCUT2D eigenvalue weighted by molar-refractivity contribution is -0.128. The minimum atomic E-state index is -0.0808. The van der Waals surface area contributed by atoms with E-state index in [1.54, 1.807) is 12.0 Å². The summed E-state index contributed by atoms with van der Waals surface area (Å²) >= 11 is 0. The third-order valence-corrected chi connectivity index (χ3v) is 6.77. The number of anilines is 1. The Morgan fingerprint density at radius 3 is 2.47 bits per heavy atom. The number of para-hydroxylation sites is 3. The molecule has 36 heavy (non-hydrogen) atoms. The predicted molar refractivity (Wildman–Crippen MR) is 140 cm³/mol. The number of aromatic nitrogens is 2. The molecule has 0 N–H and O–H groups in total. The van der Waals surface area contributed by atoms with Gasteiger partial charge in [-0.2, -0.15) is 0 Å². The normalized spacial score (nSPS) is 15.4. The predicted octanol–water partition coefficient (Wildman–Crippen LogP) is 4.61. The van der Waals surface area contributed by atoms with E-state index < -0.39 is 0 Å². The molecule has 0 bridgehead atoms. The van der Waals surface area contributed by atoms with Gasteiger partial charge in [-0.05, 0) is 48.9 Å². The summed E-state index contributed by atoms with van der Waals surface area (Å²) in [6.07, 6.45) is 0.379. The van der Waals surface area contributed by atoms with Gasteiger partial charge in [-0.1, -0.05) is 42.5 Å². The summed E-state index contributed by atoms with van der Waals surface area (Å²) in [5.41, 5.74) is 3.67. The molecule has 0 saturated carbocycles. The first-order valence-electron chi connectivity index (χ1n) is 12.3. The van der Waals surface area contributed by atoms with Crippen LogP contribution in [0.2, 0.25) is 0 Å². The highest BCUT2D eigenvalue weighted by molar-refractivity contribution is 5.94. The van der Waals surface area contributed by atoms with Crippen LogP contribution in [-0.4, -0.2) is 46.5 Å². The fourth-order valence-corrected chi connectivity index (χ4v) is 4.95. The Morgan fingerprint density at radius 1 is 1.03 bits per heavy atom. The van der Waals surface area contributed by atoms with Crippen molar-refractivity contribution in [3.8, 4) is 5.75 Å². The molecule has 3 aromatic carbocycles. The molecule has 0 spiro atoms. The summed E-state index contributed by atoms with van der Waals surface area (Å²) in [6.45, 7) is 3.82. The number of ether oxygens (including phenoxy) is 1. The zero-order valence-electron chi connectivity index (χ0n) is 20.6. The maximum atomic E-state index is 13.5. The number of nitrogens with zero attached hydrogens (tertiary/aromatic N) is 4. The van der Waals surface area contributed by atoms with Gasteiger partial charge in [0.1, 0.15) is 18.1 Å². The molecule has 1 aromatic heterocycles. The van der Waals surface area contributed by atoms with E-state index >= 15 is 0 Å². The molecule has 184 valence electrons. The molecule has 1 fully saturated rings. The van der Waals surface area contributed by atoms with Gasteiger partial charge < -0.3 is 19.1 Å². The molecular weight excluding hydrogens is 452 g/mol. The van der Waals surface area contributed by atoms with Gasteiger partial charge in [0.2, 0.25) is 11.8 Å². The van der Waals surface area contributed by atoms with Crippen molar-refractivity contribution in [1.82, 2.24) is 14.5 Å². The van der Waals surface area contributed by atoms with E-state index in [0.29, 0.717) is 26.1 Å². The van der Waals surface area contributed by atoms with Crippen LogP contribution < -0.4 is 9.64 Å². The molecule has 4 aromatic rings. The Hall–Kier alpha value is -4.13. The molecule has 0 aliphatic carbocycles. The highest BCUT2D eigenvalue weighted by atomic mass is 16.5. The van der Waals surface area contributed by atoms with E-state index in [1.807, 2.05) is 95.3 Å². The first-order chi connectivity index (χ1) is 17.6. The molecule has 2 amide bonds. The smallest absolute Gasteiger partial charge is 0.246 e. The van der Waals surface area contributed by atoms with Crippen LogP contribution >= 0.6 is 0 Å². The van der Waals surface area contributed by atoms with Crippen molar-refractivity contribution in [2.24, 2.45) is 0 Å². The Kier molecular flexibility index (Phi) is 6.71. The largest absolute Gasteiger partial charge is 0.497 e. The van der Waals surface area contributed by atoms with Crippen LogP contribution in [0.25, 0.3) is 11.0 Å². The lowest BCUT2D eigenvalue weighted by Gasteiger charge is -2.23. The summed E-state index contributed by atoms with van der Waals surface area (Å²) < 4.78 is 7.24. The van der Waals surface area contributed by atoms with Crippen LogP contribution in [0.5, 0.6) is 5.75 Å². The van der Waals surface area contributed by atoms with Crippen LogP contribution in [0.1, 0.15) is 30.7 Å². The number of imidazole rings is 1. The van der Waals surface area contributed by atoms with E-state index in [2.05, 4.69) is 0 Å². The zero-order valence-corrected chi connectivity index (χ0v) is 20.6. The highest BCUT2D eigenvalue weighted by Gasteiger charge is 2.34. The Labute approximate surface area is 210 Å². The third-order valence-electron chi connectivity index (χ3n) is 6.77. The van der Waals surface area contributed by atoms with E-state index in [1.165, 1.54) is 0 Å². The van der Waals surface area contributed by atoms with Crippen molar-refractivity contribution in [3.63, 3.8) is 0 Å². The maximum absolute atomic E-state index is 13.5. The van der Waals surface area contributed by atoms with Gasteiger partial charge in [0, 0.05) is 37.7 Å². The second kappa shape index (κ2) is 10.2. The molecule has 1 unspecified atom stereocenters. The first-order valence-corrected chi connectivity index (χ1v) is 12.3. The van der Waals surface area contributed by atoms with Crippen LogP contribution in [0.15, 0.2) is 78.9 Å². The Balaban J connectivity index is 1.41. The van der Waals surface area contributed by atoms with Crippen LogP contribution in [0.3, 0.4) is 0 Å². The number of hydrogen-bond donors (Lipinski definition) is 0. The van der Waals surface area contributed by atoms with E-state index in [9.17, 15) is 9.59 Å². The molecule has 1 atom stereocenters. The van der Waals surface area contributed by atoms with Gasteiger partial charge in [0.25, 0.3) is 0 Å². The topological polar surface area (TPSA) is 67.7 Å². The number of amides is 2. The minimum Gasteiger partial charge on any atom is -0.497 e. The molecular formula is C29H30N4O3. The van der Waals surface area contributed by atoms with Crippen LogP contribution in [0, 0.1) is 0 Å². The van der Waals surface area contributed by atoms with Gasteiger partial charge in [0.15, 0.2) is 0 Å². The molecule has 7 nitrogen and oxygen atoms in total. The van der Waals surface area contributed by atoms with Crippen molar-refractivity contribution in [1.29, 1.82) is 0 Å². The number of rotatable bonds is 8. The Bertz CT molecular complexity index is 1360. The number of carbonyl (C=O) groups is 2. The SMILES string of the molecule is CCN(C(=O)Cn1c(C2CC(=O)N(Cc3ccc(OC)cc3)C2)nc2ccccc21)c1ccccc1. The quantitative estimate of drug-likeness (QED) is 0.368. The molecule has 1 saturated heterocycles. The highest BCUT2D eigenvalue weighted by Crippen LogP contribution is 2.32. The molecule has 1 aliphatic rings. The second-order valence-corrected chi connectivity index (χ2v) is 9.04. The average molecular weight is 483 g/mol. The second-order valence-electron chi connectivity index (χ2n) is 9.04. The summed E-state index contributed by atoms with van der Waals surface area (Å²) in [5.74, 6) is 1.59. The summed E-state index contributed by atoms with van der Waals surface area (Å²) in [4.78, 5) is 35.0. The summed E-state index contributed by atoms with van der Waals surface area (Å²) in [6, 6.07) is 25.3. The fourth-order valence-electron chi connectivity index (χ4n) is 4.95. The minimum absolute atomic E-state index is 0.00693. The van der Waals surface area contributed by atoms with Gasteiger partial charge in [-0.3, -0.25) is 9.59 Å². The maximum Gasteiger partial charge on any atom is 0.246 e. The summed E-state index contributed by atoms with van der Waals surface area (Å²) in [5, 5.41) is 0. The molecule has 2 heterocycles. The van der Waals surface area contributed by atoms with E-state index in [4.69, 9.17) is 9.72 Å². The molecule has 5 rings (SSSR count). The average Bonchev–Trinajstić information content (AvgIpc) is 3.45.